The van der Waals surface area contributed by atoms with Gasteiger partial charge in [-0.3, -0.25) is 4.55 Å². The molecule has 0 saturated heterocycles. The molecule has 0 saturated carbocycles. The van der Waals surface area contributed by atoms with Gasteiger partial charge in [-0.2, -0.15) is 8.42 Å². The summed E-state index contributed by atoms with van der Waals surface area (Å²) in [5, 5.41) is 0. The standard InChI is InChI=1S/C17H19NO5S/c1-18(2,3)12-13-4-6-14(7-5-13)17(19)23-15-8-10-16(11-9-15)24(20,21)22/h4-11H,12H2,1-3H3/p+1. The molecule has 0 spiro atoms. The van der Waals surface area contributed by atoms with Crippen LogP contribution in [-0.4, -0.2) is 44.6 Å². The maximum Gasteiger partial charge on any atom is 0.343 e. The van der Waals surface area contributed by atoms with E-state index in [0.717, 1.165) is 16.6 Å². The zero-order valence-corrected chi connectivity index (χ0v) is 14.6. The van der Waals surface area contributed by atoms with E-state index in [9.17, 15) is 13.2 Å². The van der Waals surface area contributed by atoms with Crippen LogP contribution in [0.25, 0.3) is 0 Å². The summed E-state index contributed by atoms with van der Waals surface area (Å²) in [4.78, 5) is 11.8. The van der Waals surface area contributed by atoms with Crippen LogP contribution in [0.1, 0.15) is 15.9 Å². The summed E-state index contributed by atoms with van der Waals surface area (Å²) in [5.41, 5.74) is 1.51. The highest BCUT2D eigenvalue weighted by molar-refractivity contribution is 7.85. The Morgan fingerprint density at radius 3 is 2.00 bits per heavy atom. The second kappa shape index (κ2) is 6.72. The first kappa shape index (κ1) is 18.1. The van der Waals surface area contributed by atoms with E-state index in [-0.39, 0.29) is 10.6 Å². The van der Waals surface area contributed by atoms with Gasteiger partial charge < -0.3 is 9.22 Å². The molecule has 2 aromatic rings. The zero-order valence-electron chi connectivity index (χ0n) is 13.8. The van der Waals surface area contributed by atoms with E-state index in [1.165, 1.54) is 24.3 Å². The number of ether oxygens (including phenoxy) is 1. The molecule has 1 N–H and O–H groups in total. The third-order valence-electron chi connectivity index (χ3n) is 3.18. The van der Waals surface area contributed by atoms with E-state index in [1.54, 1.807) is 12.1 Å². The molecule has 0 fully saturated rings. The van der Waals surface area contributed by atoms with Crippen molar-refractivity contribution in [3.63, 3.8) is 0 Å². The average molecular weight is 350 g/mol. The maximum atomic E-state index is 12.1. The fourth-order valence-corrected chi connectivity index (χ4v) is 2.62. The van der Waals surface area contributed by atoms with Crippen molar-refractivity contribution in [3.8, 4) is 5.75 Å². The Kier molecular flexibility index (Phi) is 5.08. The summed E-state index contributed by atoms with van der Waals surface area (Å²) in [6.07, 6.45) is 0. The van der Waals surface area contributed by atoms with Crippen molar-refractivity contribution >= 4 is 16.1 Å². The molecule has 128 valence electrons. The van der Waals surface area contributed by atoms with Crippen LogP contribution in [0.2, 0.25) is 0 Å². The highest BCUT2D eigenvalue weighted by atomic mass is 32.2. The minimum atomic E-state index is -4.26. The number of esters is 1. The van der Waals surface area contributed by atoms with E-state index in [4.69, 9.17) is 9.29 Å². The van der Waals surface area contributed by atoms with Crippen molar-refractivity contribution in [2.45, 2.75) is 11.4 Å². The molecule has 0 aliphatic carbocycles. The van der Waals surface area contributed by atoms with Gasteiger partial charge in [0.2, 0.25) is 0 Å². The van der Waals surface area contributed by atoms with Crippen molar-refractivity contribution in [1.82, 2.24) is 0 Å². The van der Waals surface area contributed by atoms with Crippen LogP contribution in [0.3, 0.4) is 0 Å². The van der Waals surface area contributed by atoms with Crippen LogP contribution in [0.15, 0.2) is 53.4 Å². The lowest BCUT2D eigenvalue weighted by atomic mass is 10.1. The molecule has 0 atom stereocenters. The van der Waals surface area contributed by atoms with Crippen LogP contribution < -0.4 is 4.74 Å². The molecule has 2 rings (SSSR count). The minimum Gasteiger partial charge on any atom is -0.423 e. The summed E-state index contributed by atoms with van der Waals surface area (Å²) in [7, 11) is 1.98. The molecule has 7 heteroatoms. The van der Waals surface area contributed by atoms with E-state index >= 15 is 0 Å². The SMILES string of the molecule is C[N+](C)(C)Cc1ccc(C(=O)Oc2ccc(S(=O)(=O)O)cc2)cc1. The lowest BCUT2D eigenvalue weighted by Crippen LogP contribution is -2.33. The third-order valence-corrected chi connectivity index (χ3v) is 4.05. The average Bonchev–Trinajstić information content (AvgIpc) is 2.46. The topological polar surface area (TPSA) is 80.7 Å². The molecule has 0 heterocycles. The van der Waals surface area contributed by atoms with Gasteiger partial charge in [-0.05, 0) is 36.4 Å². The number of carbonyl (C=O) groups is 1. The second-order valence-corrected chi connectivity index (χ2v) is 7.90. The Bertz CT molecular complexity index is 819. The van der Waals surface area contributed by atoms with E-state index in [1.807, 2.05) is 12.1 Å². The lowest BCUT2D eigenvalue weighted by molar-refractivity contribution is -0.884. The van der Waals surface area contributed by atoms with Crippen molar-refractivity contribution in [2.75, 3.05) is 21.1 Å². The molecule has 2 aromatic carbocycles. The van der Waals surface area contributed by atoms with Gasteiger partial charge >= 0.3 is 5.97 Å². The first-order chi connectivity index (χ1) is 11.0. The van der Waals surface area contributed by atoms with E-state index in [2.05, 4.69) is 21.1 Å². The number of hydrogen-bond donors (Lipinski definition) is 1. The molecule has 0 aliphatic rings. The first-order valence-electron chi connectivity index (χ1n) is 7.24. The summed E-state index contributed by atoms with van der Waals surface area (Å²) in [5.74, 6) is -0.339. The molecular formula is C17H20NO5S+. The van der Waals surface area contributed by atoms with Crippen LogP contribution in [0.4, 0.5) is 0 Å². The smallest absolute Gasteiger partial charge is 0.343 e. The predicted molar refractivity (Wildman–Crippen MR) is 89.4 cm³/mol. The number of benzene rings is 2. The van der Waals surface area contributed by atoms with Gasteiger partial charge in [-0.25, -0.2) is 4.79 Å². The molecule has 0 bridgehead atoms. The van der Waals surface area contributed by atoms with Crippen LogP contribution in [0, 0.1) is 0 Å². The third kappa shape index (κ3) is 5.16. The van der Waals surface area contributed by atoms with Gasteiger partial charge in [0.15, 0.2) is 0 Å². The van der Waals surface area contributed by atoms with Gasteiger partial charge in [0, 0.05) is 5.56 Å². The summed E-state index contributed by atoms with van der Waals surface area (Å²) in [6, 6.07) is 12.1. The molecule has 0 unspecified atom stereocenters. The van der Waals surface area contributed by atoms with Crippen molar-refractivity contribution < 1.29 is 27.0 Å². The number of carbonyl (C=O) groups excluding carboxylic acids is 1. The first-order valence-corrected chi connectivity index (χ1v) is 8.68. The van der Waals surface area contributed by atoms with Crippen molar-refractivity contribution in [2.24, 2.45) is 0 Å². The fourth-order valence-electron chi connectivity index (χ4n) is 2.14. The highest BCUT2D eigenvalue weighted by Gasteiger charge is 2.13. The molecular weight excluding hydrogens is 330 g/mol. The molecule has 0 aromatic heterocycles. The summed E-state index contributed by atoms with van der Waals surface area (Å²) < 4.78 is 36.8. The Morgan fingerprint density at radius 1 is 1.00 bits per heavy atom. The quantitative estimate of drug-likeness (QED) is 0.387. The number of nitrogens with zero attached hydrogens (tertiary/aromatic N) is 1. The van der Waals surface area contributed by atoms with Crippen LogP contribution in [-0.2, 0) is 16.7 Å². The highest BCUT2D eigenvalue weighted by Crippen LogP contribution is 2.17. The van der Waals surface area contributed by atoms with Gasteiger partial charge in [-0.1, -0.05) is 12.1 Å². The van der Waals surface area contributed by atoms with E-state index < -0.39 is 16.1 Å². The minimum absolute atomic E-state index is 0.197. The number of quaternary nitrogens is 1. The van der Waals surface area contributed by atoms with Gasteiger partial charge in [-0.15, -0.1) is 0 Å². The lowest BCUT2D eigenvalue weighted by Gasteiger charge is -2.23. The Balaban J connectivity index is 2.07. The Labute approximate surface area is 141 Å². The molecule has 0 amide bonds. The van der Waals surface area contributed by atoms with Gasteiger partial charge in [0.25, 0.3) is 10.1 Å². The predicted octanol–water partition coefficient (Wildman–Crippen LogP) is 2.36. The largest absolute Gasteiger partial charge is 0.423 e. The molecule has 24 heavy (non-hydrogen) atoms. The van der Waals surface area contributed by atoms with Gasteiger partial charge in [0.05, 0.1) is 31.6 Å². The second-order valence-electron chi connectivity index (χ2n) is 6.48. The molecule has 0 aliphatic heterocycles. The number of hydrogen-bond acceptors (Lipinski definition) is 4. The Morgan fingerprint density at radius 2 is 1.54 bits per heavy atom. The van der Waals surface area contributed by atoms with Crippen molar-refractivity contribution in [1.29, 1.82) is 0 Å². The monoisotopic (exact) mass is 350 g/mol. The zero-order chi connectivity index (χ0) is 18.0. The summed E-state index contributed by atoms with van der Waals surface area (Å²) in [6.45, 7) is 0.840. The maximum absolute atomic E-state index is 12.1. The normalized spacial score (nSPS) is 12.0. The fraction of sp³-hybridized carbons (Fsp3) is 0.235. The van der Waals surface area contributed by atoms with Crippen molar-refractivity contribution in [3.05, 3.63) is 59.7 Å². The van der Waals surface area contributed by atoms with Crippen LogP contribution >= 0.6 is 0 Å². The van der Waals surface area contributed by atoms with E-state index in [0.29, 0.717) is 5.56 Å². The van der Waals surface area contributed by atoms with Gasteiger partial charge in [0.1, 0.15) is 12.3 Å². The van der Waals surface area contributed by atoms with Crippen LogP contribution in [0.5, 0.6) is 5.75 Å². The summed E-state index contributed by atoms with van der Waals surface area (Å²) >= 11 is 0. The number of rotatable bonds is 5. The molecule has 0 radical (unpaired) electrons. The molecule has 6 nitrogen and oxygen atoms in total. The Hall–Kier alpha value is -2.22.